The van der Waals surface area contributed by atoms with E-state index in [0.29, 0.717) is 32.7 Å². The molecule has 12 heteroatoms. The Bertz CT molecular complexity index is 898. The number of alkyl halides is 1. The van der Waals surface area contributed by atoms with Crippen LogP contribution in [0.3, 0.4) is 0 Å². The van der Waals surface area contributed by atoms with Crippen LogP contribution in [0.15, 0.2) is 11.3 Å². The molecule has 1 amide bonds. The molecule has 1 saturated carbocycles. The SMILES string of the molecule is CCOC(=O)C(=N)C1=C(N)C(=O)N(CC2(S(=O)(=O)C(C)(C)COCCOCCBr)CC2)CC1. The van der Waals surface area contributed by atoms with Crippen LogP contribution in [0.1, 0.15) is 40.0 Å². The summed E-state index contributed by atoms with van der Waals surface area (Å²) in [5.41, 5.74) is 5.45. The van der Waals surface area contributed by atoms with Crippen molar-refractivity contribution in [3.8, 4) is 0 Å². The zero-order valence-corrected chi connectivity index (χ0v) is 21.8. The normalized spacial score (nSPS) is 18.4. The molecule has 0 spiro atoms. The molecule has 0 bridgehead atoms. The fourth-order valence-electron chi connectivity index (χ4n) is 3.77. The molecule has 10 nitrogen and oxygen atoms in total. The average molecular weight is 552 g/mol. The Balaban J connectivity index is 2.06. The molecule has 0 aromatic heterocycles. The summed E-state index contributed by atoms with van der Waals surface area (Å²) in [7, 11) is -3.66. The number of rotatable bonds is 14. The molecule has 0 atom stereocenters. The van der Waals surface area contributed by atoms with Crippen molar-refractivity contribution in [3.05, 3.63) is 11.3 Å². The van der Waals surface area contributed by atoms with Gasteiger partial charge in [0.15, 0.2) is 9.84 Å². The predicted octanol–water partition coefficient (Wildman–Crippen LogP) is 1.17. The topological polar surface area (TPSA) is 149 Å². The lowest BCUT2D eigenvalue weighted by molar-refractivity contribution is -0.135. The van der Waals surface area contributed by atoms with E-state index in [4.69, 9.17) is 25.4 Å². The Kier molecular flexibility index (Phi) is 9.49. The predicted molar refractivity (Wildman–Crippen MR) is 127 cm³/mol. The summed E-state index contributed by atoms with van der Waals surface area (Å²) in [6.07, 6.45) is 1.09. The van der Waals surface area contributed by atoms with Gasteiger partial charge in [0.2, 0.25) is 0 Å². The van der Waals surface area contributed by atoms with Crippen molar-refractivity contribution in [2.24, 2.45) is 5.73 Å². The molecule has 2 aliphatic rings. The minimum absolute atomic E-state index is 0.0194. The molecule has 0 saturated heterocycles. The first-order valence-corrected chi connectivity index (χ1v) is 13.5. The van der Waals surface area contributed by atoms with Crippen LogP contribution < -0.4 is 5.73 Å². The lowest BCUT2D eigenvalue weighted by Crippen LogP contribution is -2.52. The number of nitrogens with zero attached hydrogens (tertiary/aromatic N) is 1. The molecular formula is C21H34BrN3O7S. The second-order valence-electron chi connectivity index (χ2n) is 8.76. The van der Waals surface area contributed by atoms with E-state index in [1.54, 1.807) is 20.8 Å². The van der Waals surface area contributed by atoms with Gasteiger partial charge in [-0.05, 0) is 40.0 Å². The number of ether oxygens (including phenoxy) is 3. The van der Waals surface area contributed by atoms with E-state index < -0.39 is 36.9 Å². The van der Waals surface area contributed by atoms with Crippen LogP contribution in [0.25, 0.3) is 0 Å². The molecule has 1 aliphatic heterocycles. The van der Waals surface area contributed by atoms with Crippen molar-refractivity contribution in [2.75, 3.05) is 51.5 Å². The number of amides is 1. The number of carbonyl (C=O) groups excluding carboxylic acids is 2. The molecule has 0 aromatic rings. The third kappa shape index (κ3) is 6.14. The van der Waals surface area contributed by atoms with E-state index in [1.807, 2.05) is 0 Å². The maximum absolute atomic E-state index is 13.5. The lowest BCUT2D eigenvalue weighted by Gasteiger charge is -2.35. The Morgan fingerprint density at radius 3 is 2.45 bits per heavy atom. The highest BCUT2D eigenvalue weighted by Gasteiger charge is 2.61. The number of hydrogen-bond acceptors (Lipinski definition) is 9. The van der Waals surface area contributed by atoms with Crippen LogP contribution in [0.5, 0.6) is 0 Å². The fraction of sp³-hybridized carbons (Fsp3) is 0.762. The third-order valence-corrected chi connectivity index (χ3v) is 9.46. The van der Waals surface area contributed by atoms with Crippen LogP contribution in [0, 0.1) is 5.41 Å². The van der Waals surface area contributed by atoms with Crippen molar-refractivity contribution < 1.29 is 32.2 Å². The van der Waals surface area contributed by atoms with E-state index in [0.717, 1.165) is 5.33 Å². The minimum Gasteiger partial charge on any atom is -0.461 e. The van der Waals surface area contributed by atoms with Gasteiger partial charge in [0.05, 0.1) is 42.5 Å². The van der Waals surface area contributed by atoms with Crippen LogP contribution >= 0.6 is 15.9 Å². The first kappa shape index (κ1) is 27.7. The number of nitrogens with one attached hydrogen (secondary N) is 1. The Morgan fingerprint density at radius 2 is 1.88 bits per heavy atom. The summed E-state index contributed by atoms with van der Waals surface area (Å²) in [6.45, 7) is 6.43. The summed E-state index contributed by atoms with van der Waals surface area (Å²) in [5, 5.41) is 8.68. The van der Waals surface area contributed by atoms with E-state index in [9.17, 15) is 18.0 Å². The Labute approximate surface area is 203 Å². The molecule has 188 valence electrons. The summed E-state index contributed by atoms with van der Waals surface area (Å²) in [4.78, 5) is 26.1. The van der Waals surface area contributed by atoms with Crippen molar-refractivity contribution >= 4 is 43.4 Å². The van der Waals surface area contributed by atoms with Crippen LogP contribution in [-0.4, -0.2) is 91.9 Å². The van der Waals surface area contributed by atoms with E-state index in [-0.39, 0.29) is 44.0 Å². The van der Waals surface area contributed by atoms with Crippen molar-refractivity contribution in [1.29, 1.82) is 5.41 Å². The van der Waals surface area contributed by atoms with Gasteiger partial charge >= 0.3 is 5.97 Å². The number of carbonyl (C=O) groups is 2. The number of hydrogen-bond donors (Lipinski definition) is 2. The molecule has 3 N–H and O–H groups in total. The van der Waals surface area contributed by atoms with Gasteiger partial charge in [-0.25, -0.2) is 13.2 Å². The zero-order valence-electron chi connectivity index (χ0n) is 19.4. The minimum atomic E-state index is -3.66. The van der Waals surface area contributed by atoms with Crippen molar-refractivity contribution in [2.45, 2.75) is 49.5 Å². The molecule has 2 rings (SSSR count). The monoisotopic (exact) mass is 551 g/mol. The standard InChI is InChI=1S/C21H34BrN3O7S/c1-4-32-19(27)17(24)15-5-9-25(18(26)16(15)23)13-21(6-7-21)33(28,29)20(2,3)14-31-12-11-30-10-8-22/h24H,4-14,23H2,1-3H3. The summed E-state index contributed by atoms with van der Waals surface area (Å²) in [6, 6.07) is 0. The molecule has 0 unspecified atom stereocenters. The summed E-state index contributed by atoms with van der Waals surface area (Å²) >= 11 is 3.26. The molecule has 0 aromatic carbocycles. The molecule has 33 heavy (non-hydrogen) atoms. The second kappa shape index (κ2) is 11.3. The summed E-state index contributed by atoms with van der Waals surface area (Å²) < 4.78 is 40.5. The van der Waals surface area contributed by atoms with Crippen LogP contribution in [0.2, 0.25) is 0 Å². The van der Waals surface area contributed by atoms with Gasteiger partial charge in [0.25, 0.3) is 5.91 Å². The van der Waals surface area contributed by atoms with Gasteiger partial charge in [-0.15, -0.1) is 0 Å². The highest BCUT2D eigenvalue weighted by molar-refractivity contribution is 9.09. The molecule has 1 aliphatic carbocycles. The number of nitrogens with two attached hydrogens (primary N) is 1. The number of esters is 1. The first-order chi connectivity index (χ1) is 15.4. The quantitative estimate of drug-likeness (QED) is 0.141. The smallest absolute Gasteiger partial charge is 0.356 e. The van der Waals surface area contributed by atoms with Crippen LogP contribution in [-0.2, 0) is 33.6 Å². The fourth-order valence-corrected chi connectivity index (χ4v) is 6.38. The third-order valence-electron chi connectivity index (χ3n) is 5.88. The van der Waals surface area contributed by atoms with E-state index in [2.05, 4.69) is 15.9 Å². The second-order valence-corrected chi connectivity index (χ2v) is 12.5. The maximum Gasteiger partial charge on any atom is 0.356 e. The molecule has 1 heterocycles. The highest BCUT2D eigenvalue weighted by Crippen LogP contribution is 2.49. The summed E-state index contributed by atoms with van der Waals surface area (Å²) in [5.74, 6) is -1.40. The zero-order chi connectivity index (χ0) is 24.9. The van der Waals surface area contributed by atoms with E-state index in [1.165, 1.54) is 4.90 Å². The Hall–Kier alpha value is -1.50. The lowest BCUT2D eigenvalue weighted by atomic mass is 9.99. The van der Waals surface area contributed by atoms with Crippen LogP contribution in [0.4, 0.5) is 0 Å². The molecular weight excluding hydrogens is 518 g/mol. The molecule has 0 radical (unpaired) electrons. The largest absolute Gasteiger partial charge is 0.461 e. The van der Waals surface area contributed by atoms with Crippen molar-refractivity contribution in [3.63, 3.8) is 0 Å². The highest BCUT2D eigenvalue weighted by atomic mass is 79.9. The van der Waals surface area contributed by atoms with Gasteiger partial charge in [-0.3, -0.25) is 10.2 Å². The van der Waals surface area contributed by atoms with Gasteiger partial charge < -0.3 is 24.8 Å². The Morgan fingerprint density at radius 1 is 1.24 bits per heavy atom. The van der Waals surface area contributed by atoms with Gasteiger partial charge in [-0.2, -0.15) is 0 Å². The van der Waals surface area contributed by atoms with Gasteiger partial charge in [0, 0.05) is 24.0 Å². The number of sulfone groups is 1. The average Bonchev–Trinajstić information content (AvgIpc) is 3.55. The maximum atomic E-state index is 13.5. The first-order valence-electron chi connectivity index (χ1n) is 10.9. The van der Waals surface area contributed by atoms with Gasteiger partial charge in [0.1, 0.15) is 11.4 Å². The van der Waals surface area contributed by atoms with Gasteiger partial charge in [-0.1, -0.05) is 15.9 Å². The van der Waals surface area contributed by atoms with E-state index >= 15 is 0 Å². The number of halogens is 1. The van der Waals surface area contributed by atoms with Crippen molar-refractivity contribution in [1.82, 2.24) is 4.90 Å². The molecule has 1 fully saturated rings.